The predicted molar refractivity (Wildman–Crippen MR) is 34.7 cm³/mol. The SMILES string of the molecule is CNC([S-])=C(C#N)C#N. The molecule has 0 rings (SSSR count). The van der Waals surface area contributed by atoms with Crippen molar-refractivity contribution in [3.63, 3.8) is 0 Å². The minimum absolute atomic E-state index is 0.0486. The van der Waals surface area contributed by atoms with Gasteiger partial charge in [0, 0.05) is 7.05 Å². The minimum Gasteiger partial charge on any atom is -0.761 e. The molecule has 3 nitrogen and oxygen atoms in total. The molecule has 0 fully saturated rings. The molecule has 0 bridgehead atoms. The van der Waals surface area contributed by atoms with Crippen LogP contribution in [0.15, 0.2) is 10.6 Å². The lowest BCUT2D eigenvalue weighted by Gasteiger charge is -2.09. The van der Waals surface area contributed by atoms with Gasteiger partial charge in [-0.1, -0.05) is 5.03 Å². The second kappa shape index (κ2) is 3.71. The zero-order chi connectivity index (χ0) is 7.28. The maximum absolute atomic E-state index is 8.19. The third kappa shape index (κ3) is 1.98. The lowest BCUT2D eigenvalue weighted by atomic mass is 10.4. The molecule has 0 heterocycles. The van der Waals surface area contributed by atoms with Crippen molar-refractivity contribution in [1.29, 1.82) is 10.5 Å². The van der Waals surface area contributed by atoms with Gasteiger partial charge in [-0.25, -0.2) is 0 Å². The number of nitrogens with zero attached hydrogens (tertiary/aromatic N) is 2. The van der Waals surface area contributed by atoms with Crippen molar-refractivity contribution in [1.82, 2.24) is 5.32 Å². The fraction of sp³-hybridized carbons (Fsp3) is 0.200. The second-order valence-electron chi connectivity index (χ2n) is 1.18. The predicted octanol–water partition coefficient (Wildman–Crippen LogP) is 0.0115. The van der Waals surface area contributed by atoms with Crippen LogP contribution in [-0.4, -0.2) is 7.05 Å². The molecule has 0 spiro atoms. The van der Waals surface area contributed by atoms with Crippen LogP contribution >= 0.6 is 0 Å². The van der Waals surface area contributed by atoms with Gasteiger partial charge in [0.1, 0.15) is 17.7 Å². The normalized spacial score (nSPS) is 6.56. The van der Waals surface area contributed by atoms with E-state index in [2.05, 4.69) is 17.9 Å². The molecule has 1 N–H and O–H groups in total. The highest BCUT2D eigenvalue weighted by molar-refractivity contribution is 7.63. The molecule has 4 heteroatoms. The summed E-state index contributed by atoms with van der Waals surface area (Å²) in [6.45, 7) is 0. The molecule has 0 unspecified atom stereocenters. The van der Waals surface area contributed by atoms with Crippen molar-refractivity contribution in [3.05, 3.63) is 10.6 Å². The Morgan fingerprint density at radius 1 is 1.44 bits per heavy atom. The molecule has 0 aromatic carbocycles. The van der Waals surface area contributed by atoms with Crippen LogP contribution in [0, 0.1) is 22.7 Å². The van der Waals surface area contributed by atoms with Gasteiger partial charge in [-0.15, -0.1) is 0 Å². The Morgan fingerprint density at radius 3 is 2.00 bits per heavy atom. The lowest BCUT2D eigenvalue weighted by Crippen LogP contribution is -2.04. The van der Waals surface area contributed by atoms with Crippen molar-refractivity contribution in [2.24, 2.45) is 0 Å². The minimum atomic E-state index is -0.0486. The maximum atomic E-state index is 8.19. The molecule has 0 aliphatic heterocycles. The Morgan fingerprint density at radius 2 is 1.89 bits per heavy atom. The monoisotopic (exact) mass is 138 g/mol. The number of hydrogen-bond donors (Lipinski definition) is 1. The van der Waals surface area contributed by atoms with E-state index in [0.717, 1.165) is 0 Å². The Hall–Kier alpha value is -1.26. The highest BCUT2D eigenvalue weighted by atomic mass is 32.1. The van der Waals surface area contributed by atoms with E-state index in [1.54, 1.807) is 19.2 Å². The summed E-state index contributed by atoms with van der Waals surface area (Å²) in [5.41, 5.74) is -0.0486. The molecule has 0 aromatic rings. The van der Waals surface area contributed by atoms with Crippen molar-refractivity contribution in [2.45, 2.75) is 0 Å². The maximum Gasteiger partial charge on any atom is 0.125 e. The fourth-order valence-corrected chi connectivity index (χ4v) is 0.343. The zero-order valence-electron chi connectivity index (χ0n) is 4.80. The largest absolute Gasteiger partial charge is 0.761 e. The van der Waals surface area contributed by atoms with Gasteiger partial charge < -0.3 is 17.9 Å². The van der Waals surface area contributed by atoms with Crippen LogP contribution in [0.5, 0.6) is 0 Å². The molecule has 0 aromatic heterocycles. The van der Waals surface area contributed by atoms with Crippen molar-refractivity contribution in [3.8, 4) is 12.1 Å². The molecule has 0 aliphatic carbocycles. The summed E-state index contributed by atoms with van der Waals surface area (Å²) in [5.74, 6) is 0. The number of rotatable bonds is 1. The van der Waals surface area contributed by atoms with E-state index in [-0.39, 0.29) is 10.6 Å². The first-order valence-corrected chi connectivity index (χ1v) is 2.56. The molecule has 0 atom stereocenters. The Labute approximate surface area is 59.0 Å². The summed E-state index contributed by atoms with van der Waals surface area (Å²) < 4.78 is 0. The van der Waals surface area contributed by atoms with Crippen LogP contribution in [0.3, 0.4) is 0 Å². The molecule has 0 saturated carbocycles. The molecular weight excluding hydrogens is 134 g/mol. The summed E-state index contributed by atoms with van der Waals surface area (Å²) >= 11 is 4.58. The first-order valence-electron chi connectivity index (χ1n) is 2.15. The first-order chi connectivity index (χ1) is 4.26. The van der Waals surface area contributed by atoms with E-state index >= 15 is 0 Å². The standard InChI is InChI=1S/C5H5N3S/c1-8-5(9)4(2-6)3-7/h8-9H,1H3/p-1. The van der Waals surface area contributed by atoms with E-state index in [4.69, 9.17) is 10.5 Å². The molecule has 0 amide bonds. The molecule has 46 valence electrons. The number of hydrogen-bond acceptors (Lipinski definition) is 4. The van der Waals surface area contributed by atoms with Gasteiger partial charge in [-0.3, -0.25) is 0 Å². The van der Waals surface area contributed by atoms with Crippen LogP contribution < -0.4 is 5.32 Å². The van der Waals surface area contributed by atoms with Gasteiger partial charge in [-0.05, 0) is 0 Å². The summed E-state index contributed by atoms with van der Waals surface area (Å²) in [6.07, 6.45) is 0. The van der Waals surface area contributed by atoms with Gasteiger partial charge >= 0.3 is 0 Å². The topological polar surface area (TPSA) is 59.6 Å². The van der Waals surface area contributed by atoms with Gasteiger partial charge in [0.25, 0.3) is 0 Å². The third-order valence-electron chi connectivity index (χ3n) is 0.678. The third-order valence-corrected chi connectivity index (χ3v) is 1.09. The van der Waals surface area contributed by atoms with Crippen molar-refractivity contribution < 1.29 is 0 Å². The highest BCUT2D eigenvalue weighted by Gasteiger charge is 1.88. The Kier molecular flexibility index (Phi) is 3.19. The van der Waals surface area contributed by atoms with E-state index < -0.39 is 0 Å². The smallest absolute Gasteiger partial charge is 0.125 e. The number of nitrogens with one attached hydrogen (secondary N) is 1. The van der Waals surface area contributed by atoms with Crippen LogP contribution in [-0.2, 0) is 12.6 Å². The molecule has 0 aliphatic rings. The average molecular weight is 138 g/mol. The van der Waals surface area contributed by atoms with Crippen LogP contribution in [0.1, 0.15) is 0 Å². The van der Waals surface area contributed by atoms with Gasteiger partial charge in [0.05, 0.1) is 0 Å². The van der Waals surface area contributed by atoms with E-state index in [1.807, 2.05) is 0 Å². The van der Waals surface area contributed by atoms with Crippen LogP contribution in [0.4, 0.5) is 0 Å². The summed E-state index contributed by atoms with van der Waals surface area (Å²) in [4.78, 5) is 0. The summed E-state index contributed by atoms with van der Waals surface area (Å²) in [7, 11) is 1.57. The van der Waals surface area contributed by atoms with Crippen LogP contribution in [0.25, 0.3) is 0 Å². The first kappa shape index (κ1) is 7.74. The fourth-order valence-electron chi connectivity index (χ4n) is 0.252. The quantitative estimate of drug-likeness (QED) is 0.409. The van der Waals surface area contributed by atoms with Crippen molar-refractivity contribution >= 4 is 12.6 Å². The number of allylic oxidation sites excluding steroid dienone is 1. The lowest BCUT2D eigenvalue weighted by molar-refractivity contribution is 1.07. The Bertz CT molecular complexity index is 189. The summed E-state index contributed by atoms with van der Waals surface area (Å²) in [5, 5.41) is 19.1. The van der Waals surface area contributed by atoms with Gasteiger partial charge in [0.2, 0.25) is 0 Å². The van der Waals surface area contributed by atoms with Gasteiger partial charge in [-0.2, -0.15) is 10.5 Å². The molecule has 0 saturated heterocycles. The van der Waals surface area contributed by atoms with Crippen molar-refractivity contribution in [2.75, 3.05) is 7.05 Å². The summed E-state index contributed by atoms with van der Waals surface area (Å²) in [6, 6.07) is 3.31. The zero-order valence-corrected chi connectivity index (χ0v) is 5.62. The molecular formula is C5H4N3S-. The molecule has 0 radical (unpaired) electrons. The van der Waals surface area contributed by atoms with E-state index in [1.165, 1.54) is 0 Å². The second-order valence-corrected chi connectivity index (χ2v) is 1.59. The highest BCUT2D eigenvalue weighted by Crippen LogP contribution is 1.93. The van der Waals surface area contributed by atoms with Crippen LogP contribution in [0.2, 0.25) is 0 Å². The average Bonchev–Trinajstić information content (AvgIpc) is 1.90. The molecule has 9 heavy (non-hydrogen) atoms. The van der Waals surface area contributed by atoms with Gasteiger partial charge in [0.15, 0.2) is 0 Å². The Balaban J connectivity index is 4.49. The number of nitriles is 2. The van der Waals surface area contributed by atoms with E-state index in [0.29, 0.717) is 0 Å². The van der Waals surface area contributed by atoms with E-state index in [9.17, 15) is 0 Å².